The average Bonchev–Trinajstić information content (AvgIpc) is 3.08. The summed E-state index contributed by atoms with van der Waals surface area (Å²) < 4.78 is 10.6. The number of carbonyl (C=O) groups excluding carboxylic acids is 4. The van der Waals surface area contributed by atoms with E-state index in [1.165, 1.54) is 11.8 Å². The van der Waals surface area contributed by atoms with Crippen molar-refractivity contribution in [3.05, 3.63) is 29.3 Å². The number of fused-ring (bicyclic) bond motifs is 1. The van der Waals surface area contributed by atoms with Gasteiger partial charge < -0.3 is 19.7 Å². The van der Waals surface area contributed by atoms with E-state index in [4.69, 9.17) is 9.47 Å². The van der Waals surface area contributed by atoms with Crippen LogP contribution in [0.2, 0.25) is 0 Å². The Bertz CT molecular complexity index is 823. The first-order chi connectivity index (χ1) is 15.4. The Hall–Kier alpha value is -2.58. The average molecular weight is 447 g/mol. The summed E-state index contributed by atoms with van der Waals surface area (Å²) in [7, 11) is 0. The third kappa shape index (κ3) is 7.24. The molecule has 2 rings (SSSR count). The molecule has 1 N–H and O–H groups in total. The standard InChI is InChI=1S/C24H34N2O6/c1-4-7-18(28)10-11-22(17(3)27)26-15-20-19(24(26)30)8-6-9-21(20)25-23(29)16-32-14-13-31-12-5-2/h6,8-9,22H,4-5,7,10-16H2,1-3H3,(H,25,29). The van der Waals surface area contributed by atoms with Crippen LogP contribution in [-0.4, -0.2) is 60.8 Å². The molecule has 1 atom stereocenters. The lowest BCUT2D eigenvalue weighted by Gasteiger charge is -2.25. The topological polar surface area (TPSA) is 102 Å². The summed E-state index contributed by atoms with van der Waals surface area (Å²) in [6.07, 6.45) is 2.73. The fourth-order valence-electron chi connectivity index (χ4n) is 3.72. The van der Waals surface area contributed by atoms with Crippen LogP contribution in [0.15, 0.2) is 18.2 Å². The Morgan fingerprint density at radius 2 is 1.81 bits per heavy atom. The quantitative estimate of drug-likeness (QED) is 0.415. The molecular weight excluding hydrogens is 412 g/mol. The Labute approximate surface area is 189 Å². The molecule has 0 saturated carbocycles. The molecule has 8 nitrogen and oxygen atoms in total. The Morgan fingerprint density at radius 3 is 2.50 bits per heavy atom. The molecule has 0 fully saturated rings. The van der Waals surface area contributed by atoms with Crippen molar-refractivity contribution in [1.29, 1.82) is 0 Å². The van der Waals surface area contributed by atoms with Gasteiger partial charge in [-0.05, 0) is 38.3 Å². The number of Topliss-reactive ketones (excluding diaryl/α,β-unsaturated/α-hetero) is 2. The minimum Gasteiger partial charge on any atom is -0.379 e. The van der Waals surface area contributed by atoms with Crippen LogP contribution in [0.25, 0.3) is 0 Å². The molecule has 1 unspecified atom stereocenters. The first-order valence-electron chi connectivity index (χ1n) is 11.3. The van der Waals surface area contributed by atoms with Gasteiger partial charge >= 0.3 is 0 Å². The highest BCUT2D eigenvalue weighted by Crippen LogP contribution is 2.32. The zero-order valence-corrected chi connectivity index (χ0v) is 19.3. The van der Waals surface area contributed by atoms with Gasteiger partial charge in [-0.1, -0.05) is 19.9 Å². The number of amides is 2. The Morgan fingerprint density at radius 1 is 1.06 bits per heavy atom. The van der Waals surface area contributed by atoms with Crippen LogP contribution < -0.4 is 5.32 Å². The van der Waals surface area contributed by atoms with Crippen LogP contribution in [0, 0.1) is 0 Å². The molecule has 0 saturated heterocycles. The largest absolute Gasteiger partial charge is 0.379 e. The lowest BCUT2D eigenvalue weighted by Crippen LogP contribution is -2.40. The summed E-state index contributed by atoms with van der Waals surface area (Å²) in [5.74, 6) is -0.646. The fourth-order valence-corrected chi connectivity index (χ4v) is 3.72. The molecule has 1 aromatic carbocycles. The normalized spacial score (nSPS) is 13.7. The first-order valence-corrected chi connectivity index (χ1v) is 11.3. The second kappa shape index (κ2) is 13.1. The van der Waals surface area contributed by atoms with E-state index in [1.54, 1.807) is 18.2 Å². The van der Waals surface area contributed by atoms with E-state index in [2.05, 4.69) is 5.32 Å². The van der Waals surface area contributed by atoms with Gasteiger partial charge in [0.2, 0.25) is 5.91 Å². The van der Waals surface area contributed by atoms with Crippen LogP contribution in [-0.2, 0) is 30.4 Å². The van der Waals surface area contributed by atoms with E-state index in [-0.39, 0.29) is 43.0 Å². The highest BCUT2D eigenvalue weighted by molar-refractivity contribution is 6.04. The number of carbonyl (C=O) groups is 4. The predicted octanol–water partition coefficient (Wildman–Crippen LogP) is 3.13. The molecule has 1 heterocycles. The fraction of sp³-hybridized carbons (Fsp3) is 0.583. The summed E-state index contributed by atoms with van der Waals surface area (Å²) in [5, 5.41) is 2.80. The van der Waals surface area contributed by atoms with Gasteiger partial charge in [-0.3, -0.25) is 19.2 Å². The zero-order chi connectivity index (χ0) is 23.5. The maximum absolute atomic E-state index is 13.0. The van der Waals surface area contributed by atoms with Gasteiger partial charge in [0.05, 0.1) is 19.3 Å². The number of benzene rings is 1. The predicted molar refractivity (Wildman–Crippen MR) is 120 cm³/mol. The van der Waals surface area contributed by atoms with Gasteiger partial charge in [0, 0.05) is 42.8 Å². The zero-order valence-electron chi connectivity index (χ0n) is 19.3. The molecule has 8 heteroatoms. The highest BCUT2D eigenvalue weighted by atomic mass is 16.5. The van der Waals surface area contributed by atoms with Crippen LogP contribution >= 0.6 is 0 Å². The molecule has 176 valence electrons. The van der Waals surface area contributed by atoms with Crippen molar-refractivity contribution in [2.24, 2.45) is 0 Å². The van der Waals surface area contributed by atoms with E-state index < -0.39 is 6.04 Å². The molecular formula is C24H34N2O6. The third-order valence-corrected chi connectivity index (χ3v) is 5.29. The summed E-state index contributed by atoms with van der Waals surface area (Å²) >= 11 is 0. The molecule has 0 radical (unpaired) electrons. The number of hydrogen-bond acceptors (Lipinski definition) is 6. The van der Waals surface area contributed by atoms with E-state index >= 15 is 0 Å². The number of ether oxygens (including phenoxy) is 2. The van der Waals surface area contributed by atoms with E-state index in [9.17, 15) is 19.2 Å². The van der Waals surface area contributed by atoms with Crippen LogP contribution in [0.1, 0.15) is 68.8 Å². The number of nitrogens with zero attached hydrogens (tertiary/aromatic N) is 1. The van der Waals surface area contributed by atoms with Crippen molar-refractivity contribution < 1.29 is 28.7 Å². The Balaban J connectivity index is 2.00. The van der Waals surface area contributed by atoms with Crippen molar-refractivity contribution in [3.63, 3.8) is 0 Å². The van der Waals surface area contributed by atoms with Crippen molar-refractivity contribution in [3.8, 4) is 0 Å². The maximum atomic E-state index is 13.0. The molecule has 0 bridgehead atoms. The van der Waals surface area contributed by atoms with Gasteiger partial charge in [-0.25, -0.2) is 0 Å². The molecule has 0 aliphatic carbocycles. The van der Waals surface area contributed by atoms with Crippen LogP contribution in [0.4, 0.5) is 5.69 Å². The summed E-state index contributed by atoms with van der Waals surface area (Å²) in [5.41, 5.74) is 1.66. The molecule has 1 aliphatic rings. The van der Waals surface area contributed by atoms with E-state index in [0.717, 1.165) is 12.8 Å². The van der Waals surface area contributed by atoms with Gasteiger partial charge in [0.25, 0.3) is 5.91 Å². The van der Waals surface area contributed by atoms with Crippen molar-refractivity contribution in [2.75, 3.05) is 31.7 Å². The first kappa shape index (κ1) is 25.7. The molecule has 2 amide bonds. The van der Waals surface area contributed by atoms with Gasteiger partial charge in [-0.2, -0.15) is 0 Å². The van der Waals surface area contributed by atoms with Crippen molar-refractivity contribution in [2.45, 2.75) is 65.5 Å². The van der Waals surface area contributed by atoms with Gasteiger partial charge in [-0.15, -0.1) is 0 Å². The van der Waals surface area contributed by atoms with Crippen LogP contribution in [0.3, 0.4) is 0 Å². The molecule has 0 aromatic heterocycles. The third-order valence-electron chi connectivity index (χ3n) is 5.29. The highest BCUT2D eigenvalue weighted by Gasteiger charge is 2.36. The van der Waals surface area contributed by atoms with E-state index in [1.807, 2.05) is 13.8 Å². The number of nitrogens with one attached hydrogen (secondary N) is 1. The minimum atomic E-state index is -0.661. The molecule has 1 aliphatic heterocycles. The smallest absolute Gasteiger partial charge is 0.255 e. The summed E-state index contributed by atoms with van der Waals surface area (Å²) in [6.45, 7) is 6.89. The summed E-state index contributed by atoms with van der Waals surface area (Å²) in [6, 6.07) is 4.45. The molecule has 1 aromatic rings. The number of rotatable bonds is 15. The monoisotopic (exact) mass is 446 g/mol. The van der Waals surface area contributed by atoms with Gasteiger partial charge in [0.15, 0.2) is 5.78 Å². The summed E-state index contributed by atoms with van der Waals surface area (Å²) in [4.78, 5) is 51.0. The number of hydrogen-bond donors (Lipinski definition) is 1. The molecule has 32 heavy (non-hydrogen) atoms. The lowest BCUT2D eigenvalue weighted by atomic mass is 10.0. The van der Waals surface area contributed by atoms with Crippen molar-refractivity contribution >= 4 is 29.1 Å². The number of anilines is 1. The van der Waals surface area contributed by atoms with Crippen molar-refractivity contribution in [1.82, 2.24) is 4.90 Å². The maximum Gasteiger partial charge on any atom is 0.255 e. The minimum absolute atomic E-state index is 0.0935. The SMILES string of the molecule is CCCOCCOCC(=O)Nc1cccc2c1CN(C(CCC(=O)CCC)C(C)=O)C2=O. The van der Waals surface area contributed by atoms with Gasteiger partial charge in [0.1, 0.15) is 12.4 Å². The van der Waals surface area contributed by atoms with E-state index in [0.29, 0.717) is 49.5 Å². The lowest BCUT2D eigenvalue weighted by molar-refractivity contribution is -0.123. The second-order valence-corrected chi connectivity index (χ2v) is 7.93. The Kier molecular flexibility index (Phi) is 10.5. The number of ketones is 2. The molecule has 0 spiro atoms. The van der Waals surface area contributed by atoms with Crippen LogP contribution in [0.5, 0.6) is 0 Å². The second-order valence-electron chi connectivity index (χ2n) is 7.93.